The molecule has 0 aromatic heterocycles. The van der Waals surface area contributed by atoms with Crippen LogP contribution in [0.5, 0.6) is 5.75 Å². The number of methoxy groups -OCH3 is 1. The quantitative estimate of drug-likeness (QED) is 0.804. The van der Waals surface area contributed by atoms with Crippen molar-refractivity contribution in [1.82, 2.24) is 0 Å². The molecule has 1 atom stereocenters. The van der Waals surface area contributed by atoms with E-state index in [4.69, 9.17) is 32.7 Å². The summed E-state index contributed by atoms with van der Waals surface area (Å²) in [6.45, 7) is 1.47. The predicted molar refractivity (Wildman–Crippen MR) is 93.0 cm³/mol. The fourth-order valence-corrected chi connectivity index (χ4v) is 2.29. The van der Waals surface area contributed by atoms with Crippen molar-refractivity contribution in [2.75, 3.05) is 12.4 Å². The van der Waals surface area contributed by atoms with E-state index >= 15 is 0 Å². The largest absolute Gasteiger partial charge is 0.497 e. The second kappa shape index (κ2) is 8.04. The Morgan fingerprint density at radius 2 is 1.75 bits per heavy atom. The van der Waals surface area contributed by atoms with Crippen molar-refractivity contribution in [3.8, 4) is 5.75 Å². The van der Waals surface area contributed by atoms with Gasteiger partial charge in [-0.15, -0.1) is 0 Å². The van der Waals surface area contributed by atoms with Crippen LogP contribution in [0.1, 0.15) is 17.3 Å². The first-order chi connectivity index (χ1) is 11.4. The fraction of sp³-hybridized carbons (Fsp3) is 0.176. The number of ether oxygens (including phenoxy) is 2. The van der Waals surface area contributed by atoms with Crippen molar-refractivity contribution >= 4 is 40.8 Å². The molecule has 126 valence electrons. The lowest BCUT2D eigenvalue weighted by Gasteiger charge is -2.14. The summed E-state index contributed by atoms with van der Waals surface area (Å²) in [5.74, 6) is -0.488. The molecule has 0 heterocycles. The highest BCUT2D eigenvalue weighted by molar-refractivity contribution is 6.36. The Bertz CT molecular complexity index is 747. The van der Waals surface area contributed by atoms with Gasteiger partial charge in [0.2, 0.25) is 0 Å². The molecule has 0 bridgehead atoms. The molecule has 0 spiro atoms. The molecule has 2 aromatic rings. The van der Waals surface area contributed by atoms with Crippen LogP contribution >= 0.6 is 23.2 Å². The standard InChI is InChI=1S/C17H15Cl2NO4/c1-10(16(21)20-15-8-5-12(18)9-14(15)19)24-17(22)11-3-6-13(23-2)7-4-11/h3-10H,1-2H3,(H,20,21)/t10-/m0/s1. The Morgan fingerprint density at radius 3 is 2.33 bits per heavy atom. The lowest BCUT2D eigenvalue weighted by Crippen LogP contribution is -2.30. The third-order valence-electron chi connectivity index (χ3n) is 3.17. The van der Waals surface area contributed by atoms with Gasteiger partial charge in [-0.3, -0.25) is 4.79 Å². The third-order valence-corrected chi connectivity index (χ3v) is 3.72. The zero-order chi connectivity index (χ0) is 17.7. The molecule has 0 saturated heterocycles. The number of hydrogen-bond acceptors (Lipinski definition) is 4. The summed E-state index contributed by atoms with van der Waals surface area (Å²) >= 11 is 11.8. The Labute approximate surface area is 149 Å². The van der Waals surface area contributed by atoms with Crippen molar-refractivity contribution in [1.29, 1.82) is 0 Å². The molecule has 0 aliphatic carbocycles. The molecule has 0 saturated carbocycles. The van der Waals surface area contributed by atoms with Gasteiger partial charge in [0.15, 0.2) is 6.10 Å². The molecule has 0 aliphatic rings. The summed E-state index contributed by atoms with van der Waals surface area (Å²) in [6, 6.07) is 11.1. The van der Waals surface area contributed by atoms with Crippen LogP contribution in [-0.2, 0) is 9.53 Å². The van der Waals surface area contributed by atoms with Gasteiger partial charge in [-0.25, -0.2) is 4.79 Å². The molecular weight excluding hydrogens is 353 g/mol. The molecule has 1 N–H and O–H groups in total. The number of esters is 1. The molecule has 1 amide bonds. The van der Waals surface area contributed by atoms with Gasteiger partial charge in [0.05, 0.1) is 23.4 Å². The maximum atomic E-state index is 12.1. The lowest BCUT2D eigenvalue weighted by molar-refractivity contribution is -0.123. The first-order valence-corrected chi connectivity index (χ1v) is 7.77. The molecular formula is C17H15Cl2NO4. The second-order valence-electron chi connectivity index (χ2n) is 4.89. The average Bonchev–Trinajstić information content (AvgIpc) is 2.57. The van der Waals surface area contributed by atoms with Gasteiger partial charge in [0.25, 0.3) is 5.91 Å². The number of hydrogen-bond donors (Lipinski definition) is 1. The van der Waals surface area contributed by atoms with Crippen LogP contribution in [0.15, 0.2) is 42.5 Å². The summed E-state index contributed by atoms with van der Waals surface area (Å²) in [5, 5.41) is 3.34. The summed E-state index contributed by atoms with van der Waals surface area (Å²) in [5.41, 5.74) is 0.707. The van der Waals surface area contributed by atoms with Crippen LogP contribution in [0.25, 0.3) is 0 Å². The molecule has 0 fully saturated rings. The number of anilines is 1. The van der Waals surface area contributed by atoms with E-state index in [-0.39, 0.29) is 0 Å². The second-order valence-corrected chi connectivity index (χ2v) is 5.73. The number of benzene rings is 2. The van der Waals surface area contributed by atoms with E-state index in [2.05, 4.69) is 5.32 Å². The van der Waals surface area contributed by atoms with Gasteiger partial charge in [0, 0.05) is 5.02 Å². The smallest absolute Gasteiger partial charge is 0.338 e. The van der Waals surface area contributed by atoms with Gasteiger partial charge < -0.3 is 14.8 Å². The number of carbonyl (C=O) groups is 2. The van der Waals surface area contributed by atoms with Gasteiger partial charge in [-0.05, 0) is 49.4 Å². The highest BCUT2D eigenvalue weighted by Crippen LogP contribution is 2.25. The third kappa shape index (κ3) is 4.63. The zero-order valence-electron chi connectivity index (χ0n) is 13.0. The number of rotatable bonds is 5. The van der Waals surface area contributed by atoms with E-state index in [1.54, 1.807) is 36.4 Å². The number of carbonyl (C=O) groups excluding carboxylic acids is 2. The summed E-state index contributed by atoms with van der Waals surface area (Å²) in [6.07, 6.45) is -0.994. The minimum absolute atomic E-state index is 0.296. The molecule has 24 heavy (non-hydrogen) atoms. The van der Waals surface area contributed by atoms with Crippen molar-refractivity contribution < 1.29 is 19.1 Å². The van der Waals surface area contributed by atoms with Crippen LogP contribution in [0.2, 0.25) is 10.0 Å². The monoisotopic (exact) mass is 367 g/mol. The van der Waals surface area contributed by atoms with E-state index in [9.17, 15) is 9.59 Å². The van der Waals surface area contributed by atoms with E-state index in [1.807, 2.05) is 0 Å². The van der Waals surface area contributed by atoms with Crippen LogP contribution < -0.4 is 10.1 Å². The Kier molecular flexibility index (Phi) is 6.06. The topological polar surface area (TPSA) is 64.6 Å². The fourth-order valence-electron chi connectivity index (χ4n) is 1.83. The van der Waals surface area contributed by atoms with Crippen molar-refractivity contribution in [3.63, 3.8) is 0 Å². The molecule has 0 radical (unpaired) electrons. The Balaban J connectivity index is 1.98. The maximum absolute atomic E-state index is 12.1. The van der Waals surface area contributed by atoms with Crippen LogP contribution in [0.4, 0.5) is 5.69 Å². The molecule has 5 nitrogen and oxygen atoms in total. The summed E-state index contributed by atoms with van der Waals surface area (Å²) in [7, 11) is 1.53. The molecule has 7 heteroatoms. The molecule has 0 aliphatic heterocycles. The van der Waals surface area contributed by atoms with Crippen molar-refractivity contribution in [3.05, 3.63) is 58.1 Å². The van der Waals surface area contributed by atoms with E-state index in [0.717, 1.165) is 0 Å². The molecule has 2 rings (SSSR count). The predicted octanol–water partition coefficient (Wildman–Crippen LogP) is 4.19. The van der Waals surface area contributed by atoms with Crippen LogP contribution in [-0.4, -0.2) is 25.1 Å². The Morgan fingerprint density at radius 1 is 1.08 bits per heavy atom. The first-order valence-electron chi connectivity index (χ1n) is 7.01. The maximum Gasteiger partial charge on any atom is 0.338 e. The molecule has 2 aromatic carbocycles. The Hall–Kier alpha value is -2.24. The van der Waals surface area contributed by atoms with Gasteiger partial charge in [0.1, 0.15) is 5.75 Å². The normalized spacial score (nSPS) is 11.5. The number of amides is 1. The average molecular weight is 368 g/mol. The summed E-state index contributed by atoms with van der Waals surface area (Å²) in [4.78, 5) is 24.2. The van der Waals surface area contributed by atoms with E-state index < -0.39 is 18.0 Å². The molecule has 0 unspecified atom stereocenters. The lowest BCUT2D eigenvalue weighted by atomic mass is 10.2. The van der Waals surface area contributed by atoms with Gasteiger partial charge in [-0.1, -0.05) is 23.2 Å². The van der Waals surface area contributed by atoms with E-state index in [0.29, 0.717) is 27.0 Å². The van der Waals surface area contributed by atoms with E-state index in [1.165, 1.54) is 20.1 Å². The summed E-state index contributed by atoms with van der Waals surface area (Å²) < 4.78 is 10.2. The number of halogens is 2. The van der Waals surface area contributed by atoms with Gasteiger partial charge >= 0.3 is 5.97 Å². The van der Waals surface area contributed by atoms with Gasteiger partial charge in [-0.2, -0.15) is 0 Å². The van der Waals surface area contributed by atoms with Crippen molar-refractivity contribution in [2.24, 2.45) is 0 Å². The first kappa shape index (κ1) is 18.1. The van der Waals surface area contributed by atoms with Crippen molar-refractivity contribution in [2.45, 2.75) is 13.0 Å². The van der Waals surface area contributed by atoms with Crippen LogP contribution in [0, 0.1) is 0 Å². The minimum Gasteiger partial charge on any atom is -0.497 e. The van der Waals surface area contributed by atoms with Crippen LogP contribution in [0.3, 0.4) is 0 Å². The highest BCUT2D eigenvalue weighted by atomic mass is 35.5. The highest BCUT2D eigenvalue weighted by Gasteiger charge is 2.20. The SMILES string of the molecule is COc1ccc(C(=O)O[C@@H](C)C(=O)Nc2ccc(Cl)cc2Cl)cc1. The minimum atomic E-state index is -0.994. The zero-order valence-corrected chi connectivity index (χ0v) is 14.5. The number of nitrogens with one attached hydrogen (secondary N) is 1.